The van der Waals surface area contributed by atoms with Crippen molar-refractivity contribution in [2.75, 3.05) is 0 Å². The van der Waals surface area contributed by atoms with Gasteiger partial charge in [0, 0.05) is 5.56 Å². The molecule has 96 valence electrons. The fourth-order valence-corrected chi connectivity index (χ4v) is 1.75. The highest BCUT2D eigenvalue weighted by Crippen LogP contribution is 2.03. The normalized spacial score (nSPS) is 10.1. The molecule has 0 atom stereocenters. The van der Waals surface area contributed by atoms with E-state index in [9.17, 15) is 9.59 Å². The lowest BCUT2D eigenvalue weighted by Gasteiger charge is -2.02. The largest absolute Gasteiger partial charge is 0.476 e. The molecule has 0 aliphatic carbocycles. The maximum Gasteiger partial charge on any atom is 0.403 e. The fraction of sp³-hybridized carbons (Fsp3) is 0.0769. The number of carboxylic acids is 2. The molecule has 0 bridgehead atoms. The van der Waals surface area contributed by atoms with Crippen molar-refractivity contribution in [1.82, 2.24) is 4.98 Å². The fourth-order valence-electron chi connectivity index (χ4n) is 1.75. The molecule has 2 N–H and O–H groups in total. The Kier molecular flexibility index (Phi) is 3.51. The van der Waals surface area contributed by atoms with E-state index >= 15 is 0 Å². The summed E-state index contributed by atoms with van der Waals surface area (Å²) < 4.78 is 1.36. The van der Waals surface area contributed by atoms with Crippen LogP contribution in [0, 0.1) is 0 Å². The van der Waals surface area contributed by atoms with Crippen LogP contribution in [0.15, 0.2) is 42.7 Å². The second-order valence-corrected chi connectivity index (χ2v) is 3.85. The molecule has 1 aromatic heterocycles. The Morgan fingerprint density at radius 1 is 1.11 bits per heavy atom. The molecular weight excluding hydrogens is 248 g/mol. The Morgan fingerprint density at radius 2 is 1.79 bits per heavy atom. The molecule has 19 heavy (non-hydrogen) atoms. The van der Waals surface area contributed by atoms with Gasteiger partial charge in [-0.2, -0.15) is 4.57 Å². The Bertz CT molecular complexity index is 626. The van der Waals surface area contributed by atoms with E-state index in [2.05, 4.69) is 4.98 Å². The van der Waals surface area contributed by atoms with Crippen LogP contribution in [0.3, 0.4) is 0 Å². The average molecular weight is 259 g/mol. The van der Waals surface area contributed by atoms with Crippen LogP contribution >= 0.6 is 0 Å². The lowest BCUT2D eigenvalue weighted by molar-refractivity contribution is -0.691. The standard InChI is InChI=1S/C13H10N2O4/c16-12(17)10-11(13(18)19)15(7-6-14-10)8-9-4-2-1-3-5-9/h1-7H,8H2,(H-,16,17,18,19)/p+1. The van der Waals surface area contributed by atoms with Crippen molar-refractivity contribution in [1.29, 1.82) is 0 Å². The van der Waals surface area contributed by atoms with Gasteiger partial charge in [-0.25, -0.2) is 14.6 Å². The quantitative estimate of drug-likeness (QED) is 0.793. The monoisotopic (exact) mass is 259 g/mol. The summed E-state index contributed by atoms with van der Waals surface area (Å²) in [5.74, 6) is -2.68. The lowest BCUT2D eigenvalue weighted by atomic mass is 10.2. The van der Waals surface area contributed by atoms with Crippen molar-refractivity contribution < 1.29 is 24.4 Å². The number of aromatic nitrogens is 2. The third kappa shape index (κ3) is 2.74. The number of hydrogen-bond acceptors (Lipinski definition) is 3. The van der Waals surface area contributed by atoms with E-state index in [1.807, 2.05) is 30.3 Å². The third-order valence-electron chi connectivity index (χ3n) is 2.56. The molecule has 0 amide bonds. The zero-order valence-corrected chi connectivity index (χ0v) is 9.85. The Labute approximate surface area is 108 Å². The minimum atomic E-state index is -1.36. The lowest BCUT2D eigenvalue weighted by Crippen LogP contribution is -2.43. The number of benzene rings is 1. The van der Waals surface area contributed by atoms with E-state index in [0.29, 0.717) is 0 Å². The van der Waals surface area contributed by atoms with Gasteiger partial charge in [0.1, 0.15) is 0 Å². The van der Waals surface area contributed by atoms with Crippen LogP contribution in [0.1, 0.15) is 26.5 Å². The van der Waals surface area contributed by atoms with Crippen LogP contribution in [0.4, 0.5) is 0 Å². The zero-order valence-electron chi connectivity index (χ0n) is 9.85. The zero-order chi connectivity index (χ0) is 13.8. The number of hydrogen-bond donors (Lipinski definition) is 2. The van der Waals surface area contributed by atoms with Crippen molar-refractivity contribution in [2.45, 2.75) is 6.54 Å². The van der Waals surface area contributed by atoms with Gasteiger partial charge in [0.05, 0.1) is 6.20 Å². The van der Waals surface area contributed by atoms with Crippen LogP contribution in [-0.4, -0.2) is 27.1 Å². The molecule has 1 aromatic carbocycles. The molecule has 0 saturated heterocycles. The van der Waals surface area contributed by atoms with Gasteiger partial charge >= 0.3 is 17.6 Å². The predicted octanol–water partition coefficient (Wildman–Crippen LogP) is 0.814. The molecule has 0 spiro atoms. The maximum absolute atomic E-state index is 11.2. The smallest absolute Gasteiger partial charge is 0.403 e. The minimum absolute atomic E-state index is 0.269. The molecule has 0 aliphatic heterocycles. The van der Waals surface area contributed by atoms with E-state index < -0.39 is 17.6 Å². The molecular formula is C13H11N2O4+. The molecule has 0 radical (unpaired) electrons. The van der Waals surface area contributed by atoms with E-state index in [-0.39, 0.29) is 12.2 Å². The highest BCUT2D eigenvalue weighted by molar-refractivity contribution is 5.97. The number of aromatic carboxylic acids is 2. The highest BCUT2D eigenvalue weighted by atomic mass is 16.4. The van der Waals surface area contributed by atoms with Gasteiger partial charge in [0.2, 0.25) is 5.69 Å². The molecule has 0 saturated carbocycles. The van der Waals surface area contributed by atoms with Crippen LogP contribution in [0.2, 0.25) is 0 Å². The summed E-state index contributed by atoms with van der Waals surface area (Å²) >= 11 is 0. The van der Waals surface area contributed by atoms with Gasteiger partial charge in [-0.05, 0) is 0 Å². The van der Waals surface area contributed by atoms with Crippen molar-refractivity contribution in [3.05, 3.63) is 59.7 Å². The van der Waals surface area contributed by atoms with Crippen LogP contribution in [-0.2, 0) is 6.54 Å². The van der Waals surface area contributed by atoms with E-state index in [4.69, 9.17) is 10.2 Å². The van der Waals surface area contributed by atoms with Gasteiger partial charge in [0.25, 0.3) is 0 Å². The first-order valence-corrected chi connectivity index (χ1v) is 5.48. The summed E-state index contributed by atoms with van der Waals surface area (Å²) in [4.78, 5) is 25.8. The van der Waals surface area contributed by atoms with Gasteiger partial charge in [-0.15, -0.1) is 0 Å². The van der Waals surface area contributed by atoms with Gasteiger partial charge < -0.3 is 10.2 Å². The van der Waals surface area contributed by atoms with Gasteiger partial charge in [-0.1, -0.05) is 30.3 Å². The van der Waals surface area contributed by atoms with Crippen molar-refractivity contribution in [3.63, 3.8) is 0 Å². The second kappa shape index (κ2) is 5.26. The van der Waals surface area contributed by atoms with E-state index in [1.54, 1.807) is 0 Å². The summed E-state index contributed by atoms with van der Waals surface area (Å²) in [6, 6.07) is 9.17. The average Bonchev–Trinajstić information content (AvgIpc) is 2.39. The van der Waals surface area contributed by atoms with Crippen LogP contribution in [0.25, 0.3) is 0 Å². The molecule has 2 rings (SSSR count). The van der Waals surface area contributed by atoms with Crippen LogP contribution in [0.5, 0.6) is 0 Å². The van der Waals surface area contributed by atoms with E-state index in [0.717, 1.165) is 5.56 Å². The third-order valence-corrected chi connectivity index (χ3v) is 2.56. The van der Waals surface area contributed by atoms with Crippen molar-refractivity contribution >= 4 is 11.9 Å². The number of nitrogens with zero attached hydrogens (tertiary/aromatic N) is 2. The first-order valence-electron chi connectivity index (χ1n) is 5.48. The van der Waals surface area contributed by atoms with Crippen LogP contribution < -0.4 is 4.57 Å². The van der Waals surface area contributed by atoms with Crippen molar-refractivity contribution in [3.8, 4) is 0 Å². The van der Waals surface area contributed by atoms with Gasteiger partial charge in [-0.3, -0.25) is 0 Å². The molecule has 6 nitrogen and oxygen atoms in total. The molecule has 0 unspecified atom stereocenters. The minimum Gasteiger partial charge on any atom is -0.476 e. The Morgan fingerprint density at radius 3 is 2.37 bits per heavy atom. The first-order chi connectivity index (χ1) is 9.09. The summed E-state index contributed by atoms with van der Waals surface area (Å²) in [5.41, 5.74) is 0.0716. The van der Waals surface area contributed by atoms with Gasteiger partial charge in [0.15, 0.2) is 12.7 Å². The SMILES string of the molecule is O=C(O)c1ncc[n+](Cc2ccccc2)c1C(=O)O. The number of carboxylic acid groups (broad SMARTS) is 2. The number of rotatable bonds is 4. The predicted molar refractivity (Wildman–Crippen MR) is 63.9 cm³/mol. The summed E-state index contributed by atoms with van der Waals surface area (Å²) in [6.45, 7) is 0.269. The Hall–Kier alpha value is -2.76. The maximum atomic E-state index is 11.2. The summed E-state index contributed by atoms with van der Waals surface area (Å²) in [7, 11) is 0. The first kappa shape index (κ1) is 12.7. The topological polar surface area (TPSA) is 91.4 Å². The number of carbonyl (C=O) groups is 2. The molecule has 2 aromatic rings. The molecule has 1 heterocycles. The Balaban J connectivity index is 2.48. The summed E-state index contributed by atoms with van der Waals surface area (Å²) in [6.07, 6.45) is 2.72. The second-order valence-electron chi connectivity index (χ2n) is 3.85. The highest BCUT2D eigenvalue weighted by Gasteiger charge is 2.29. The van der Waals surface area contributed by atoms with Crippen molar-refractivity contribution in [2.24, 2.45) is 0 Å². The molecule has 0 fully saturated rings. The molecule has 6 heteroatoms. The molecule has 0 aliphatic rings. The van der Waals surface area contributed by atoms with E-state index in [1.165, 1.54) is 17.0 Å². The summed E-state index contributed by atoms with van der Waals surface area (Å²) in [5, 5.41) is 18.1.